The number of alkyl carbamates (subject to hydrolysis) is 1. The first-order chi connectivity index (χ1) is 19.2. The van der Waals surface area contributed by atoms with E-state index < -0.39 is 17.7 Å². The molecule has 1 unspecified atom stereocenters. The Kier molecular flexibility index (Phi) is 8.25. The van der Waals surface area contributed by atoms with Gasteiger partial charge in [-0.1, -0.05) is 18.2 Å². The molecule has 2 amide bonds. The maximum atomic E-state index is 13.3. The predicted octanol–water partition coefficient (Wildman–Crippen LogP) is 4.01. The number of aromatic amines is 1. The number of para-hydroxylation sites is 2. The molecule has 4 heterocycles. The van der Waals surface area contributed by atoms with Crippen LogP contribution in [0.5, 0.6) is 0 Å². The van der Waals surface area contributed by atoms with Crippen LogP contribution in [-0.2, 0) is 9.53 Å². The van der Waals surface area contributed by atoms with E-state index in [4.69, 9.17) is 4.74 Å². The molecule has 0 radical (unpaired) electrons. The van der Waals surface area contributed by atoms with Crippen molar-refractivity contribution >= 4 is 23.0 Å². The minimum absolute atomic E-state index is 0.0146. The van der Waals surface area contributed by atoms with Crippen LogP contribution in [-0.4, -0.2) is 74.2 Å². The van der Waals surface area contributed by atoms with Crippen LogP contribution in [0.15, 0.2) is 53.6 Å². The molecule has 40 heavy (non-hydrogen) atoms. The zero-order valence-electron chi connectivity index (χ0n) is 23.6. The van der Waals surface area contributed by atoms with Gasteiger partial charge >= 0.3 is 11.8 Å². The number of benzene rings is 1. The summed E-state index contributed by atoms with van der Waals surface area (Å²) in [6.07, 6.45) is 6.65. The molecule has 5 rings (SSSR count). The normalized spacial score (nSPS) is 18.5. The molecular weight excluding hydrogens is 508 g/mol. The first-order valence-corrected chi connectivity index (χ1v) is 14.3. The third-order valence-electron chi connectivity index (χ3n) is 7.98. The van der Waals surface area contributed by atoms with Crippen molar-refractivity contribution in [1.82, 2.24) is 29.7 Å². The number of amides is 2. The summed E-state index contributed by atoms with van der Waals surface area (Å²) in [6, 6.07) is 11.7. The van der Waals surface area contributed by atoms with Gasteiger partial charge in [0.1, 0.15) is 5.60 Å². The molecule has 1 atom stereocenters. The fraction of sp³-hybridized carbons (Fsp3) is 0.533. The van der Waals surface area contributed by atoms with Crippen LogP contribution in [0.25, 0.3) is 11.0 Å². The molecule has 2 aliphatic heterocycles. The number of aromatic nitrogens is 3. The van der Waals surface area contributed by atoms with Crippen LogP contribution in [0, 0.1) is 0 Å². The number of likely N-dealkylation sites (tertiary alicyclic amines) is 2. The van der Waals surface area contributed by atoms with E-state index >= 15 is 0 Å². The molecule has 0 saturated carbocycles. The number of ether oxygens (including phenoxy) is 1. The standard InChI is InChI=1S/C30H40N6O4/c1-30(2,3)40-29(39)33-25(21-7-6-14-31-20-21)19-27(37)35-17-10-22(11-18-35)34-15-12-23(13-16-34)36-26-9-5-4-8-24(26)32-28(36)38/h4-9,14,20,22-23,25H,10-13,15-19H2,1-3H3,(H,32,38)(H,33,39). The minimum atomic E-state index is -0.630. The molecule has 0 bridgehead atoms. The summed E-state index contributed by atoms with van der Waals surface area (Å²) in [6.45, 7) is 8.70. The number of hydrogen-bond donors (Lipinski definition) is 2. The van der Waals surface area contributed by atoms with Gasteiger partial charge in [-0.05, 0) is 70.2 Å². The maximum Gasteiger partial charge on any atom is 0.408 e. The van der Waals surface area contributed by atoms with E-state index in [1.54, 1.807) is 18.5 Å². The van der Waals surface area contributed by atoms with Gasteiger partial charge in [0.05, 0.1) is 23.5 Å². The lowest BCUT2D eigenvalue weighted by Crippen LogP contribution is -2.49. The van der Waals surface area contributed by atoms with E-state index in [1.807, 2.05) is 60.6 Å². The van der Waals surface area contributed by atoms with Crippen molar-refractivity contribution in [2.75, 3.05) is 26.2 Å². The van der Waals surface area contributed by atoms with Crippen LogP contribution in [0.4, 0.5) is 4.79 Å². The van der Waals surface area contributed by atoms with Gasteiger partial charge in [-0.3, -0.25) is 14.3 Å². The van der Waals surface area contributed by atoms with Crippen molar-refractivity contribution in [2.45, 2.75) is 76.6 Å². The second kappa shape index (κ2) is 11.8. The van der Waals surface area contributed by atoms with Crippen LogP contribution < -0.4 is 11.0 Å². The lowest BCUT2D eigenvalue weighted by molar-refractivity contribution is -0.133. The lowest BCUT2D eigenvalue weighted by atomic mass is 9.97. The molecule has 2 aromatic heterocycles. The van der Waals surface area contributed by atoms with Crippen LogP contribution >= 0.6 is 0 Å². The summed E-state index contributed by atoms with van der Waals surface area (Å²) in [5.41, 5.74) is 1.98. The van der Waals surface area contributed by atoms with Gasteiger partial charge in [-0.15, -0.1) is 0 Å². The number of rotatable bonds is 6. The first-order valence-electron chi connectivity index (χ1n) is 14.3. The predicted molar refractivity (Wildman–Crippen MR) is 153 cm³/mol. The summed E-state index contributed by atoms with van der Waals surface area (Å²) < 4.78 is 7.36. The highest BCUT2D eigenvalue weighted by Crippen LogP contribution is 2.29. The van der Waals surface area contributed by atoms with Gasteiger partial charge in [0.25, 0.3) is 0 Å². The van der Waals surface area contributed by atoms with Gasteiger partial charge < -0.3 is 24.8 Å². The smallest absolute Gasteiger partial charge is 0.408 e. The Morgan fingerprint density at radius 2 is 1.73 bits per heavy atom. The monoisotopic (exact) mass is 548 g/mol. The zero-order valence-corrected chi connectivity index (χ0v) is 23.6. The second-order valence-electron chi connectivity index (χ2n) is 11.9. The number of nitrogens with one attached hydrogen (secondary N) is 2. The zero-order chi connectivity index (χ0) is 28.3. The van der Waals surface area contributed by atoms with Crippen molar-refractivity contribution in [3.05, 3.63) is 64.8 Å². The van der Waals surface area contributed by atoms with Gasteiger partial charge in [0.15, 0.2) is 0 Å². The first kappa shape index (κ1) is 27.9. The van der Waals surface area contributed by atoms with Crippen LogP contribution in [0.2, 0.25) is 0 Å². The van der Waals surface area contributed by atoms with Gasteiger partial charge in [-0.2, -0.15) is 0 Å². The summed E-state index contributed by atoms with van der Waals surface area (Å²) in [5.74, 6) is 0.0146. The average molecular weight is 549 g/mol. The molecule has 0 aliphatic carbocycles. The summed E-state index contributed by atoms with van der Waals surface area (Å²) in [4.78, 5) is 50.0. The second-order valence-corrected chi connectivity index (χ2v) is 11.9. The van der Waals surface area contributed by atoms with Crippen molar-refractivity contribution in [3.8, 4) is 0 Å². The number of H-pyrrole nitrogens is 1. The van der Waals surface area contributed by atoms with Crippen molar-refractivity contribution < 1.29 is 14.3 Å². The molecule has 3 aromatic rings. The molecule has 2 saturated heterocycles. The average Bonchev–Trinajstić information content (AvgIpc) is 3.28. The number of nitrogens with zero attached hydrogens (tertiary/aromatic N) is 4. The third kappa shape index (κ3) is 6.55. The Labute approximate surface area is 234 Å². The number of imidazole rings is 1. The Bertz CT molecular complexity index is 1360. The Morgan fingerprint density at radius 3 is 2.40 bits per heavy atom. The van der Waals surface area contributed by atoms with Crippen molar-refractivity contribution in [2.24, 2.45) is 0 Å². The molecular formula is C30H40N6O4. The molecule has 1 aromatic carbocycles. The Morgan fingerprint density at radius 1 is 1.02 bits per heavy atom. The number of hydrogen-bond acceptors (Lipinski definition) is 6. The van der Waals surface area contributed by atoms with E-state index in [0.717, 1.165) is 55.4 Å². The van der Waals surface area contributed by atoms with Crippen LogP contribution in [0.3, 0.4) is 0 Å². The minimum Gasteiger partial charge on any atom is -0.444 e. The molecule has 0 spiro atoms. The maximum absolute atomic E-state index is 13.3. The van der Waals surface area contributed by atoms with Gasteiger partial charge in [0, 0.05) is 50.7 Å². The van der Waals surface area contributed by atoms with Crippen molar-refractivity contribution in [3.63, 3.8) is 0 Å². The molecule has 10 heteroatoms. The van der Waals surface area contributed by atoms with E-state index in [2.05, 4.69) is 20.2 Å². The lowest BCUT2D eigenvalue weighted by Gasteiger charge is -2.42. The SMILES string of the molecule is CC(C)(C)OC(=O)NC(CC(=O)N1CCC(N2CCC(n3c(=O)[nH]c4ccccc43)CC2)CC1)c1cccnc1. The number of pyridine rings is 1. The number of carbonyl (C=O) groups excluding carboxylic acids is 2. The molecule has 2 fully saturated rings. The highest BCUT2D eigenvalue weighted by Gasteiger charge is 2.32. The summed E-state index contributed by atoms with van der Waals surface area (Å²) in [5, 5.41) is 2.87. The fourth-order valence-corrected chi connectivity index (χ4v) is 6.01. The Balaban J connectivity index is 1.14. The van der Waals surface area contributed by atoms with E-state index in [0.29, 0.717) is 19.1 Å². The molecule has 214 valence electrons. The number of fused-ring (bicyclic) bond motifs is 1. The van der Waals surface area contributed by atoms with Crippen molar-refractivity contribution in [1.29, 1.82) is 0 Å². The van der Waals surface area contributed by atoms with Gasteiger partial charge in [0.2, 0.25) is 5.91 Å². The van der Waals surface area contributed by atoms with E-state index in [9.17, 15) is 14.4 Å². The number of carbonyl (C=O) groups is 2. The molecule has 2 aliphatic rings. The molecule has 10 nitrogen and oxygen atoms in total. The quantitative estimate of drug-likeness (QED) is 0.481. The highest BCUT2D eigenvalue weighted by atomic mass is 16.6. The molecule has 2 N–H and O–H groups in total. The van der Waals surface area contributed by atoms with Crippen LogP contribution in [0.1, 0.15) is 70.5 Å². The largest absolute Gasteiger partial charge is 0.444 e. The topological polar surface area (TPSA) is 113 Å². The fourth-order valence-electron chi connectivity index (χ4n) is 6.01. The highest BCUT2D eigenvalue weighted by molar-refractivity contribution is 5.78. The Hall–Kier alpha value is -3.66. The summed E-state index contributed by atoms with van der Waals surface area (Å²) >= 11 is 0. The summed E-state index contributed by atoms with van der Waals surface area (Å²) in [7, 11) is 0. The third-order valence-corrected chi connectivity index (χ3v) is 7.98. The van der Waals surface area contributed by atoms with E-state index in [1.165, 1.54) is 0 Å². The van der Waals surface area contributed by atoms with E-state index in [-0.39, 0.29) is 24.1 Å². The number of piperidine rings is 2. The van der Waals surface area contributed by atoms with Gasteiger partial charge in [-0.25, -0.2) is 9.59 Å².